The third-order valence-corrected chi connectivity index (χ3v) is 4.04. The number of nitrogens with two attached hydrogens (primary N) is 1. The molecule has 1 saturated carbocycles. The SMILES string of the molecule is NC(=O)NSc1ccc(C2CCCCC2)cc1. The normalized spacial score (nSPS) is 16.7. The highest BCUT2D eigenvalue weighted by molar-refractivity contribution is 7.98. The van der Waals surface area contributed by atoms with Crippen LogP contribution in [0.5, 0.6) is 0 Å². The molecule has 0 aromatic heterocycles. The Morgan fingerprint density at radius 1 is 1.18 bits per heavy atom. The molecule has 92 valence electrons. The number of amides is 2. The summed E-state index contributed by atoms with van der Waals surface area (Å²) in [5.74, 6) is 0.729. The van der Waals surface area contributed by atoms with Crippen molar-refractivity contribution < 1.29 is 4.79 Å². The Bertz CT molecular complexity index is 372. The van der Waals surface area contributed by atoms with Gasteiger partial charge in [0.05, 0.1) is 0 Å². The third kappa shape index (κ3) is 3.66. The Morgan fingerprint density at radius 3 is 2.41 bits per heavy atom. The lowest BCUT2D eigenvalue weighted by atomic mass is 9.84. The van der Waals surface area contributed by atoms with Crippen LogP contribution in [-0.2, 0) is 0 Å². The highest BCUT2D eigenvalue weighted by atomic mass is 32.2. The molecule has 1 fully saturated rings. The lowest BCUT2D eigenvalue weighted by molar-refractivity contribution is 0.254. The number of rotatable bonds is 3. The van der Waals surface area contributed by atoms with E-state index in [-0.39, 0.29) is 0 Å². The highest BCUT2D eigenvalue weighted by Crippen LogP contribution is 2.33. The van der Waals surface area contributed by atoms with E-state index in [2.05, 4.69) is 16.9 Å². The Kier molecular flexibility index (Phi) is 4.31. The summed E-state index contributed by atoms with van der Waals surface area (Å²) in [5, 5.41) is 0. The van der Waals surface area contributed by atoms with Crippen LogP contribution < -0.4 is 10.5 Å². The molecule has 17 heavy (non-hydrogen) atoms. The van der Waals surface area contributed by atoms with Crippen LogP contribution in [0, 0.1) is 0 Å². The molecule has 0 bridgehead atoms. The van der Waals surface area contributed by atoms with Gasteiger partial charge in [-0.15, -0.1) is 0 Å². The van der Waals surface area contributed by atoms with E-state index in [1.165, 1.54) is 49.6 Å². The van der Waals surface area contributed by atoms with Gasteiger partial charge in [-0.05, 0) is 48.4 Å². The van der Waals surface area contributed by atoms with Crippen molar-refractivity contribution >= 4 is 18.0 Å². The van der Waals surface area contributed by atoms with Crippen molar-refractivity contribution in [2.75, 3.05) is 0 Å². The van der Waals surface area contributed by atoms with E-state index in [1.807, 2.05) is 12.1 Å². The average molecular weight is 250 g/mol. The van der Waals surface area contributed by atoms with Crippen LogP contribution in [0.3, 0.4) is 0 Å². The van der Waals surface area contributed by atoms with Crippen molar-refractivity contribution in [2.24, 2.45) is 5.73 Å². The van der Waals surface area contributed by atoms with E-state index < -0.39 is 6.03 Å². The van der Waals surface area contributed by atoms with Crippen LogP contribution >= 0.6 is 11.9 Å². The van der Waals surface area contributed by atoms with Gasteiger partial charge in [-0.2, -0.15) is 0 Å². The average Bonchev–Trinajstić information content (AvgIpc) is 2.38. The van der Waals surface area contributed by atoms with Crippen LogP contribution in [0.1, 0.15) is 43.6 Å². The van der Waals surface area contributed by atoms with Crippen molar-refractivity contribution in [1.29, 1.82) is 0 Å². The van der Waals surface area contributed by atoms with E-state index in [4.69, 9.17) is 5.73 Å². The molecule has 1 aromatic carbocycles. The molecular weight excluding hydrogens is 232 g/mol. The zero-order chi connectivity index (χ0) is 12.1. The predicted octanol–water partition coefficient (Wildman–Crippen LogP) is 3.41. The topological polar surface area (TPSA) is 55.1 Å². The maximum absolute atomic E-state index is 10.6. The summed E-state index contributed by atoms with van der Waals surface area (Å²) in [5.41, 5.74) is 6.44. The number of hydrogen-bond donors (Lipinski definition) is 2. The fraction of sp³-hybridized carbons (Fsp3) is 0.462. The molecule has 3 nitrogen and oxygen atoms in total. The van der Waals surface area contributed by atoms with Crippen molar-refractivity contribution in [1.82, 2.24) is 4.72 Å². The van der Waals surface area contributed by atoms with E-state index in [9.17, 15) is 4.79 Å². The van der Waals surface area contributed by atoms with Crippen molar-refractivity contribution in [3.63, 3.8) is 0 Å². The molecule has 3 N–H and O–H groups in total. The van der Waals surface area contributed by atoms with Gasteiger partial charge in [0.2, 0.25) is 0 Å². The summed E-state index contributed by atoms with van der Waals surface area (Å²) in [7, 11) is 0. The van der Waals surface area contributed by atoms with Gasteiger partial charge in [-0.3, -0.25) is 4.72 Å². The molecule has 0 aliphatic heterocycles. The van der Waals surface area contributed by atoms with Crippen LogP contribution in [-0.4, -0.2) is 6.03 Å². The first kappa shape index (κ1) is 12.3. The lowest BCUT2D eigenvalue weighted by Crippen LogP contribution is -2.22. The van der Waals surface area contributed by atoms with Crippen molar-refractivity contribution in [2.45, 2.75) is 42.9 Å². The zero-order valence-corrected chi connectivity index (χ0v) is 10.6. The highest BCUT2D eigenvalue weighted by Gasteiger charge is 2.14. The predicted molar refractivity (Wildman–Crippen MR) is 70.8 cm³/mol. The van der Waals surface area contributed by atoms with Gasteiger partial charge >= 0.3 is 6.03 Å². The standard InChI is InChI=1S/C13H18N2OS/c14-13(16)15-17-12-8-6-11(7-9-12)10-4-2-1-3-5-10/h6-10H,1-5H2,(H3,14,15,16). The Morgan fingerprint density at radius 2 is 1.82 bits per heavy atom. The minimum absolute atomic E-state index is 0.508. The van der Waals surface area contributed by atoms with Crippen LogP contribution in [0.2, 0.25) is 0 Å². The molecule has 0 heterocycles. The van der Waals surface area contributed by atoms with E-state index in [0.29, 0.717) is 0 Å². The van der Waals surface area contributed by atoms with Gasteiger partial charge in [0.1, 0.15) is 0 Å². The fourth-order valence-corrected chi connectivity index (χ4v) is 2.84. The maximum atomic E-state index is 10.6. The number of nitrogens with one attached hydrogen (secondary N) is 1. The Hall–Kier alpha value is -1.16. The minimum Gasteiger partial charge on any atom is -0.351 e. The Labute approximate surface area is 106 Å². The summed E-state index contributed by atoms with van der Waals surface area (Å²) in [6.45, 7) is 0. The summed E-state index contributed by atoms with van der Waals surface area (Å²) < 4.78 is 2.52. The van der Waals surface area contributed by atoms with Crippen molar-refractivity contribution in [3.05, 3.63) is 29.8 Å². The zero-order valence-electron chi connectivity index (χ0n) is 9.82. The molecule has 0 unspecified atom stereocenters. The molecular formula is C13H18N2OS. The molecule has 0 atom stereocenters. The van der Waals surface area contributed by atoms with Crippen LogP contribution in [0.15, 0.2) is 29.2 Å². The largest absolute Gasteiger partial charge is 0.351 e. The first-order valence-corrected chi connectivity index (χ1v) is 6.89. The summed E-state index contributed by atoms with van der Waals surface area (Å²) in [4.78, 5) is 11.6. The molecule has 1 aliphatic rings. The molecule has 1 aromatic rings. The molecule has 0 saturated heterocycles. The van der Waals surface area contributed by atoms with Gasteiger partial charge in [0.15, 0.2) is 0 Å². The molecule has 0 spiro atoms. The number of benzene rings is 1. The molecule has 0 radical (unpaired) electrons. The molecule has 1 aliphatic carbocycles. The monoisotopic (exact) mass is 250 g/mol. The molecule has 4 heteroatoms. The smallest absolute Gasteiger partial charge is 0.322 e. The van der Waals surface area contributed by atoms with Gasteiger partial charge in [0.25, 0.3) is 0 Å². The van der Waals surface area contributed by atoms with E-state index in [0.717, 1.165) is 10.8 Å². The second kappa shape index (κ2) is 5.96. The molecule has 2 amide bonds. The summed E-state index contributed by atoms with van der Waals surface area (Å²) in [6.07, 6.45) is 6.71. The first-order chi connectivity index (χ1) is 8.25. The third-order valence-electron chi connectivity index (χ3n) is 3.23. The van der Waals surface area contributed by atoms with Gasteiger partial charge in [-0.25, -0.2) is 4.79 Å². The second-order valence-corrected chi connectivity index (χ2v) is 5.35. The maximum Gasteiger partial charge on any atom is 0.322 e. The number of primary amides is 1. The quantitative estimate of drug-likeness (QED) is 0.808. The second-order valence-electron chi connectivity index (χ2n) is 4.47. The first-order valence-electron chi connectivity index (χ1n) is 6.08. The Balaban J connectivity index is 1.94. The fourth-order valence-electron chi connectivity index (χ4n) is 2.35. The van der Waals surface area contributed by atoms with E-state index >= 15 is 0 Å². The van der Waals surface area contributed by atoms with Gasteiger partial charge < -0.3 is 5.73 Å². The number of urea groups is 1. The summed E-state index contributed by atoms with van der Waals surface area (Å²) >= 11 is 1.26. The molecule has 2 rings (SSSR count). The van der Waals surface area contributed by atoms with E-state index in [1.54, 1.807) is 0 Å². The lowest BCUT2D eigenvalue weighted by Gasteiger charge is -2.22. The van der Waals surface area contributed by atoms with Crippen LogP contribution in [0.25, 0.3) is 0 Å². The number of carbonyl (C=O) groups excluding carboxylic acids is 1. The summed E-state index contributed by atoms with van der Waals surface area (Å²) in [6, 6.07) is 7.92. The van der Waals surface area contributed by atoms with Crippen molar-refractivity contribution in [3.8, 4) is 0 Å². The van der Waals surface area contributed by atoms with Crippen LogP contribution in [0.4, 0.5) is 4.79 Å². The van der Waals surface area contributed by atoms with Gasteiger partial charge in [-0.1, -0.05) is 31.4 Å². The number of hydrogen-bond acceptors (Lipinski definition) is 2. The number of carbonyl (C=O) groups is 1. The minimum atomic E-state index is -0.508. The van der Waals surface area contributed by atoms with Gasteiger partial charge in [0, 0.05) is 4.90 Å².